The zero-order valence-electron chi connectivity index (χ0n) is 16.6. The minimum atomic E-state index is -0.252. The van der Waals surface area contributed by atoms with Crippen molar-refractivity contribution in [2.75, 3.05) is 16.8 Å². The van der Waals surface area contributed by atoms with Crippen LogP contribution in [-0.2, 0) is 6.54 Å². The summed E-state index contributed by atoms with van der Waals surface area (Å²) in [5, 5.41) is 2.96. The van der Waals surface area contributed by atoms with Crippen LogP contribution in [-0.4, -0.2) is 22.4 Å². The van der Waals surface area contributed by atoms with Crippen LogP contribution in [0.3, 0.4) is 0 Å². The maximum Gasteiger partial charge on any atom is 0.275 e. The molecule has 0 bridgehead atoms. The van der Waals surface area contributed by atoms with Gasteiger partial charge in [0.05, 0.1) is 12.4 Å². The molecule has 3 rings (SSSR count). The lowest BCUT2D eigenvalue weighted by Gasteiger charge is -2.21. The highest BCUT2D eigenvalue weighted by molar-refractivity contribution is 6.03. The van der Waals surface area contributed by atoms with Crippen LogP contribution in [0.25, 0.3) is 0 Å². The topological polar surface area (TPSA) is 58.1 Å². The molecule has 1 N–H and O–H groups in total. The second kappa shape index (κ2) is 9.13. The normalized spacial score (nSPS) is 10.7. The van der Waals surface area contributed by atoms with Crippen LogP contribution < -0.4 is 10.2 Å². The summed E-state index contributed by atoms with van der Waals surface area (Å²) in [7, 11) is 0. The molecule has 0 saturated heterocycles. The average Bonchev–Trinajstić information content (AvgIpc) is 2.73. The van der Waals surface area contributed by atoms with E-state index in [1.807, 2.05) is 42.5 Å². The average molecular weight is 374 g/mol. The van der Waals surface area contributed by atoms with E-state index >= 15 is 0 Å². The largest absolute Gasteiger partial charge is 0.351 e. The number of hydrogen-bond donors (Lipinski definition) is 1. The van der Waals surface area contributed by atoms with Gasteiger partial charge in [-0.25, -0.2) is 9.97 Å². The number of benzene rings is 2. The monoisotopic (exact) mass is 374 g/mol. The number of nitrogens with zero attached hydrogens (tertiary/aromatic N) is 3. The fourth-order valence-corrected chi connectivity index (χ4v) is 3.06. The fourth-order valence-electron chi connectivity index (χ4n) is 3.06. The molecular formula is C23H26N4O. The number of nitrogens with one attached hydrogen (secondary N) is 1. The molecule has 5 nitrogen and oxygen atoms in total. The van der Waals surface area contributed by atoms with Crippen LogP contribution in [0.2, 0.25) is 0 Å². The van der Waals surface area contributed by atoms with E-state index in [0.717, 1.165) is 30.2 Å². The zero-order chi connectivity index (χ0) is 19.9. The number of amides is 1. The van der Waals surface area contributed by atoms with E-state index in [1.165, 1.54) is 11.8 Å². The van der Waals surface area contributed by atoms with Gasteiger partial charge in [-0.1, -0.05) is 62.4 Å². The van der Waals surface area contributed by atoms with Crippen molar-refractivity contribution in [3.05, 3.63) is 83.8 Å². The van der Waals surface area contributed by atoms with Crippen molar-refractivity contribution in [1.29, 1.82) is 0 Å². The van der Waals surface area contributed by atoms with E-state index < -0.39 is 0 Å². The Morgan fingerprint density at radius 1 is 1.00 bits per heavy atom. The first-order valence-corrected chi connectivity index (χ1v) is 9.59. The molecule has 2 aromatic carbocycles. The summed E-state index contributed by atoms with van der Waals surface area (Å²) in [5.41, 5.74) is 3.42. The van der Waals surface area contributed by atoms with Crippen molar-refractivity contribution in [2.45, 2.75) is 33.2 Å². The van der Waals surface area contributed by atoms with Gasteiger partial charge in [-0.2, -0.15) is 0 Å². The summed E-state index contributed by atoms with van der Waals surface area (Å²) in [5.74, 6) is 0.824. The molecule has 0 aliphatic heterocycles. The molecule has 1 aromatic heterocycles. The Bertz CT molecular complexity index is 907. The highest BCUT2D eigenvalue weighted by atomic mass is 16.1. The van der Waals surface area contributed by atoms with Crippen LogP contribution in [0.4, 0.5) is 11.5 Å². The summed E-state index contributed by atoms with van der Waals surface area (Å²) < 4.78 is 0. The van der Waals surface area contributed by atoms with E-state index in [2.05, 4.69) is 53.1 Å². The first-order valence-electron chi connectivity index (χ1n) is 9.59. The number of aromatic nitrogens is 2. The second-order valence-electron chi connectivity index (χ2n) is 6.96. The van der Waals surface area contributed by atoms with Crippen LogP contribution in [0.5, 0.6) is 0 Å². The smallest absolute Gasteiger partial charge is 0.275 e. The molecule has 28 heavy (non-hydrogen) atoms. The zero-order valence-corrected chi connectivity index (χ0v) is 16.6. The summed E-state index contributed by atoms with van der Waals surface area (Å²) in [6, 6.07) is 18.1. The third-order valence-corrected chi connectivity index (χ3v) is 4.62. The quantitative estimate of drug-likeness (QED) is 0.640. The molecule has 0 unspecified atom stereocenters. The van der Waals surface area contributed by atoms with Gasteiger partial charge in [0.1, 0.15) is 11.5 Å². The van der Waals surface area contributed by atoms with Crippen molar-refractivity contribution >= 4 is 17.4 Å². The molecule has 3 aromatic rings. The van der Waals surface area contributed by atoms with Crippen LogP contribution in [0.1, 0.15) is 48.3 Å². The van der Waals surface area contributed by atoms with Gasteiger partial charge in [0.25, 0.3) is 5.91 Å². The van der Waals surface area contributed by atoms with E-state index in [0.29, 0.717) is 11.6 Å². The molecule has 1 heterocycles. The maximum atomic E-state index is 12.6. The van der Waals surface area contributed by atoms with Crippen LogP contribution in [0, 0.1) is 0 Å². The van der Waals surface area contributed by atoms with Crippen molar-refractivity contribution in [2.24, 2.45) is 0 Å². The van der Waals surface area contributed by atoms with Crippen molar-refractivity contribution in [3.63, 3.8) is 0 Å². The van der Waals surface area contributed by atoms with Gasteiger partial charge in [0.15, 0.2) is 0 Å². The number of hydrogen-bond acceptors (Lipinski definition) is 4. The highest BCUT2D eigenvalue weighted by Gasteiger charge is 2.14. The Balaban J connectivity index is 1.72. The number of carbonyl (C=O) groups excluding carboxylic acids is 1. The molecule has 0 aliphatic rings. The van der Waals surface area contributed by atoms with Crippen LogP contribution in [0.15, 0.2) is 67.0 Å². The van der Waals surface area contributed by atoms with Gasteiger partial charge >= 0.3 is 0 Å². The molecular weight excluding hydrogens is 348 g/mol. The number of anilines is 2. The van der Waals surface area contributed by atoms with Gasteiger partial charge in [0, 0.05) is 18.8 Å². The van der Waals surface area contributed by atoms with Crippen molar-refractivity contribution < 1.29 is 4.79 Å². The molecule has 5 heteroatoms. The molecule has 0 atom stereocenters. The lowest BCUT2D eigenvalue weighted by atomic mass is 10.0. The summed E-state index contributed by atoms with van der Waals surface area (Å²) >= 11 is 0. The molecule has 0 spiro atoms. The molecule has 0 radical (unpaired) electrons. The molecule has 0 saturated carbocycles. The number of carbonyl (C=O) groups is 1. The highest BCUT2D eigenvalue weighted by Crippen LogP contribution is 2.24. The van der Waals surface area contributed by atoms with Gasteiger partial charge in [-0.15, -0.1) is 0 Å². The fraction of sp³-hybridized carbons (Fsp3) is 0.261. The Kier molecular flexibility index (Phi) is 6.37. The maximum absolute atomic E-state index is 12.6. The van der Waals surface area contributed by atoms with Gasteiger partial charge in [-0.05, 0) is 30.0 Å². The van der Waals surface area contributed by atoms with Crippen molar-refractivity contribution in [3.8, 4) is 0 Å². The standard InChI is InChI=1S/C23H26N4O/c1-4-27(16-18-10-6-5-7-11-18)22-15-24-21(14-25-22)23(28)26-20-13-9-8-12-19(20)17(2)3/h5-15,17H,4,16H2,1-3H3,(H,26,28). The Morgan fingerprint density at radius 3 is 2.36 bits per heavy atom. The van der Waals surface area contributed by atoms with Gasteiger partial charge in [-0.3, -0.25) is 4.79 Å². The van der Waals surface area contributed by atoms with Gasteiger partial charge in [0.2, 0.25) is 0 Å². The second-order valence-corrected chi connectivity index (χ2v) is 6.96. The minimum Gasteiger partial charge on any atom is -0.351 e. The lowest BCUT2D eigenvalue weighted by molar-refractivity contribution is 0.102. The first kappa shape index (κ1) is 19.5. The first-order chi connectivity index (χ1) is 13.6. The third kappa shape index (κ3) is 4.74. The SMILES string of the molecule is CCN(Cc1ccccc1)c1cnc(C(=O)Nc2ccccc2C(C)C)cn1. The molecule has 1 amide bonds. The molecule has 0 fully saturated rings. The third-order valence-electron chi connectivity index (χ3n) is 4.62. The number of para-hydroxylation sites is 1. The van der Waals surface area contributed by atoms with Gasteiger partial charge < -0.3 is 10.2 Å². The predicted octanol–water partition coefficient (Wildman–Crippen LogP) is 4.88. The number of rotatable bonds is 7. The summed E-state index contributed by atoms with van der Waals surface area (Å²) in [6.45, 7) is 7.83. The van der Waals surface area contributed by atoms with E-state index in [4.69, 9.17) is 0 Å². The van der Waals surface area contributed by atoms with Crippen molar-refractivity contribution in [1.82, 2.24) is 9.97 Å². The van der Waals surface area contributed by atoms with E-state index in [9.17, 15) is 4.79 Å². The minimum absolute atomic E-state index is 0.252. The van der Waals surface area contributed by atoms with E-state index in [-0.39, 0.29) is 5.91 Å². The lowest BCUT2D eigenvalue weighted by Crippen LogP contribution is -2.24. The van der Waals surface area contributed by atoms with E-state index in [1.54, 1.807) is 6.20 Å². The summed E-state index contributed by atoms with van der Waals surface area (Å²) in [4.78, 5) is 23.5. The van der Waals surface area contributed by atoms with Crippen LogP contribution >= 0.6 is 0 Å². The summed E-state index contributed by atoms with van der Waals surface area (Å²) in [6.07, 6.45) is 3.20. The Labute approximate surface area is 166 Å². The molecule has 0 aliphatic carbocycles. The Morgan fingerprint density at radius 2 is 1.71 bits per heavy atom. The Hall–Kier alpha value is -3.21. The molecule has 144 valence electrons. The predicted molar refractivity (Wildman–Crippen MR) is 114 cm³/mol.